The Morgan fingerprint density at radius 3 is 2.31 bits per heavy atom. The second-order valence-corrected chi connectivity index (χ2v) is 6.12. The Bertz CT molecular complexity index is 416. The molecule has 5 heteroatoms. The van der Waals surface area contributed by atoms with Crippen LogP contribution in [0.2, 0.25) is 0 Å². The summed E-state index contributed by atoms with van der Waals surface area (Å²) < 4.78 is 23.4. The molecule has 0 saturated heterocycles. The van der Waals surface area contributed by atoms with Crippen molar-refractivity contribution in [3.8, 4) is 0 Å². The standard InChI is InChI=1S/C11H17NO3S/c1-2-16(14,15)10(8-13)11(12)9-6-4-3-5-7-9/h3-7,10-11,13H,2,8,12H2,1H3/t10-,11+/m1/s1. The van der Waals surface area contributed by atoms with E-state index in [0.717, 1.165) is 5.56 Å². The molecule has 0 saturated carbocycles. The molecule has 0 aromatic heterocycles. The van der Waals surface area contributed by atoms with Crippen molar-refractivity contribution in [1.82, 2.24) is 0 Å². The SMILES string of the molecule is CCS(=O)(=O)[C@H](CO)[C@@H](N)c1ccccc1. The summed E-state index contributed by atoms with van der Waals surface area (Å²) in [4.78, 5) is 0. The fourth-order valence-electron chi connectivity index (χ4n) is 1.55. The van der Waals surface area contributed by atoms with Crippen LogP contribution in [0.3, 0.4) is 0 Å². The van der Waals surface area contributed by atoms with Crippen molar-refractivity contribution >= 4 is 9.84 Å². The van der Waals surface area contributed by atoms with Crippen molar-refractivity contribution in [1.29, 1.82) is 0 Å². The fourth-order valence-corrected chi connectivity index (χ4v) is 2.81. The number of benzene rings is 1. The third-order valence-corrected chi connectivity index (χ3v) is 4.80. The Balaban J connectivity index is 2.99. The van der Waals surface area contributed by atoms with Crippen LogP contribution in [0.25, 0.3) is 0 Å². The van der Waals surface area contributed by atoms with Gasteiger partial charge < -0.3 is 10.8 Å². The Kier molecular flexibility index (Phi) is 4.46. The highest BCUT2D eigenvalue weighted by molar-refractivity contribution is 7.92. The topological polar surface area (TPSA) is 80.4 Å². The lowest BCUT2D eigenvalue weighted by Crippen LogP contribution is -2.37. The summed E-state index contributed by atoms with van der Waals surface area (Å²) in [5, 5.41) is 8.23. The number of rotatable bonds is 5. The Labute approximate surface area is 96.0 Å². The van der Waals surface area contributed by atoms with Crippen LogP contribution in [0.15, 0.2) is 30.3 Å². The number of hydrogen-bond donors (Lipinski definition) is 2. The van der Waals surface area contributed by atoms with Gasteiger partial charge in [-0.25, -0.2) is 8.42 Å². The monoisotopic (exact) mass is 243 g/mol. The van der Waals surface area contributed by atoms with E-state index in [4.69, 9.17) is 10.8 Å². The van der Waals surface area contributed by atoms with Gasteiger partial charge >= 0.3 is 0 Å². The van der Waals surface area contributed by atoms with Gasteiger partial charge in [-0.05, 0) is 5.56 Å². The summed E-state index contributed by atoms with van der Waals surface area (Å²) in [7, 11) is -3.33. The molecule has 0 aliphatic carbocycles. The maximum absolute atomic E-state index is 11.7. The van der Waals surface area contributed by atoms with Crippen molar-refractivity contribution in [2.24, 2.45) is 5.73 Å². The molecule has 1 aromatic carbocycles. The molecule has 0 amide bonds. The molecule has 0 spiro atoms. The van der Waals surface area contributed by atoms with E-state index in [-0.39, 0.29) is 5.75 Å². The summed E-state index contributed by atoms with van der Waals surface area (Å²) in [5.74, 6) is -0.0151. The van der Waals surface area contributed by atoms with E-state index in [0.29, 0.717) is 0 Å². The summed E-state index contributed by atoms with van der Waals surface area (Å²) in [6.45, 7) is 1.10. The minimum atomic E-state index is -3.33. The zero-order valence-electron chi connectivity index (χ0n) is 9.20. The van der Waals surface area contributed by atoms with Gasteiger partial charge in [0, 0.05) is 11.8 Å². The van der Waals surface area contributed by atoms with Crippen molar-refractivity contribution < 1.29 is 13.5 Å². The molecule has 0 unspecified atom stereocenters. The van der Waals surface area contributed by atoms with Crippen LogP contribution in [0.5, 0.6) is 0 Å². The molecule has 0 heterocycles. The lowest BCUT2D eigenvalue weighted by Gasteiger charge is -2.21. The summed E-state index contributed by atoms with van der Waals surface area (Å²) >= 11 is 0. The summed E-state index contributed by atoms with van der Waals surface area (Å²) in [6.07, 6.45) is 0. The van der Waals surface area contributed by atoms with Crippen molar-refractivity contribution in [3.63, 3.8) is 0 Å². The molecule has 3 N–H and O–H groups in total. The number of aliphatic hydroxyl groups is 1. The normalized spacial score (nSPS) is 15.7. The van der Waals surface area contributed by atoms with Crippen LogP contribution in [0.4, 0.5) is 0 Å². The average Bonchev–Trinajstić information content (AvgIpc) is 2.30. The molecular weight excluding hydrogens is 226 g/mol. The lowest BCUT2D eigenvalue weighted by molar-refractivity contribution is 0.277. The molecule has 16 heavy (non-hydrogen) atoms. The van der Waals surface area contributed by atoms with Gasteiger partial charge in [-0.15, -0.1) is 0 Å². The van der Waals surface area contributed by atoms with Crippen LogP contribution in [0.1, 0.15) is 18.5 Å². The molecule has 0 fully saturated rings. The molecule has 4 nitrogen and oxygen atoms in total. The zero-order chi connectivity index (χ0) is 12.2. The van der Waals surface area contributed by atoms with Gasteiger partial charge in [-0.2, -0.15) is 0 Å². The predicted octanol–water partition coefficient (Wildman–Crippen LogP) is 0.482. The van der Waals surface area contributed by atoms with Gasteiger partial charge in [0.25, 0.3) is 0 Å². The minimum absolute atomic E-state index is 0.0151. The molecule has 90 valence electrons. The van der Waals surface area contributed by atoms with E-state index in [9.17, 15) is 8.42 Å². The van der Waals surface area contributed by atoms with E-state index < -0.39 is 27.7 Å². The summed E-state index contributed by atoms with van der Waals surface area (Å²) in [5.41, 5.74) is 6.59. The first-order valence-corrected chi connectivity index (χ1v) is 6.87. The molecular formula is C11H17NO3S. The fraction of sp³-hybridized carbons (Fsp3) is 0.455. The average molecular weight is 243 g/mol. The molecule has 1 rings (SSSR count). The number of nitrogens with two attached hydrogens (primary N) is 1. The van der Waals surface area contributed by atoms with Crippen LogP contribution in [-0.4, -0.2) is 31.1 Å². The smallest absolute Gasteiger partial charge is 0.157 e. The number of aliphatic hydroxyl groups excluding tert-OH is 1. The Morgan fingerprint density at radius 2 is 1.88 bits per heavy atom. The largest absolute Gasteiger partial charge is 0.395 e. The maximum atomic E-state index is 11.7. The van der Waals surface area contributed by atoms with Crippen molar-refractivity contribution in [3.05, 3.63) is 35.9 Å². The van der Waals surface area contributed by atoms with E-state index >= 15 is 0 Å². The first-order valence-electron chi connectivity index (χ1n) is 5.16. The second-order valence-electron chi connectivity index (χ2n) is 3.61. The van der Waals surface area contributed by atoms with Gasteiger partial charge in [0.05, 0.1) is 6.61 Å². The van der Waals surface area contributed by atoms with Crippen molar-refractivity contribution in [2.45, 2.75) is 18.2 Å². The number of sulfone groups is 1. The number of hydrogen-bond acceptors (Lipinski definition) is 4. The first-order chi connectivity index (χ1) is 7.53. The predicted molar refractivity (Wildman–Crippen MR) is 63.7 cm³/mol. The molecule has 0 bridgehead atoms. The highest BCUT2D eigenvalue weighted by Crippen LogP contribution is 2.19. The second kappa shape index (κ2) is 5.43. The third-order valence-electron chi connectivity index (χ3n) is 2.63. The Hall–Kier alpha value is -0.910. The van der Waals surface area contributed by atoms with Gasteiger partial charge in [-0.3, -0.25) is 0 Å². The van der Waals surface area contributed by atoms with E-state index in [1.807, 2.05) is 6.07 Å². The molecule has 0 aliphatic rings. The van der Waals surface area contributed by atoms with Crippen LogP contribution < -0.4 is 5.73 Å². The van der Waals surface area contributed by atoms with Crippen molar-refractivity contribution in [2.75, 3.05) is 12.4 Å². The first kappa shape index (κ1) is 13.2. The van der Waals surface area contributed by atoms with E-state index in [2.05, 4.69) is 0 Å². The van der Waals surface area contributed by atoms with Crippen LogP contribution in [-0.2, 0) is 9.84 Å². The summed E-state index contributed by atoms with van der Waals surface area (Å²) in [6, 6.07) is 8.26. The minimum Gasteiger partial charge on any atom is -0.395 e. The van der Waals surface area contributed by atoms with Gasteiger partial charge in [-0.1, -0.05) is 37.3 Å². The van der Waals surface area contributed by atoms with E-state index in [1.165, 1.54) is 0 Å². The molecule has 1 aromatic rings. The molecule has 2 atom stereocenters. The van der Waals surface area contributed by atoms with E-state index in [1.54, 1.807) is 31.2 Å². The van der Waals surface area contributed by atoms with Crippen LogP contribution in [0, 0.1) is 0 Å². The quantitative estimate of drug-likeness (QED) is 0.788. The van der Waals surface area contributed by atoms with Crippen LogP contribution >= 0.6 is 0 Å². The lowest BCUT2D eigenvalue weighted by atomic mass is 10.1. The van der Waals surface area contributed by atoms with Gasteiger partial charge in [0.15, 0.2) is 9.84 Å². The Morgan fingerprint density at radius 1 is 1.31 bits per heavy atom. The van der Waals surface area contributed by atoms with Gasteiger partial charge in [0.2, 0.25) is 0 Å². The van der Waals surface area contributed by atoms with Gasteiger partial charge in [0.1, 0.15) is 5.25 Å². The molecule has 0 aliphatic heterocycles. The zero-order valence-corrected chi connectivity index (χ0v) is 10.0. The highest BCUT2D eigenvalue weighted by atomic mass is 32.2. The highest BCUT2D eigenvalue weighted by Gasteiger charge is 2.30. The molecule has 0 radical (unpaired) electrons. The maximum Gasteiger partial charge on any atom is 0.157 e. The third kappa shape index (κ3) is 2.81.